The molecular weight excluding hydrogens is 518 g/mol. The molecule has 3 aromatic heterocycles. The second kappa shape index (κ2) is 7.48. The Morgan fingerprint density at radius 3 is 2.27 bits per heavy atom. The fraction of sp³-hybridized carbons (Fsp3) is 0.0811. The van der Waals surface area contributed by atoms with E-state index in [-0.39, 0.29) is 5.41 Å². The first kappa shape index (κ1) is 22.0. The summed E-state index contributed by atoms with van der Waals surface area (Å²) in [6, 6.07) is 37.4. The molecule has 0 saturated carbocycles. The van der Waals surface area contributed by atoms with Crippen LogP contribution in [0.1, 0.15) is 35.9 Å². The van der Waals surface area contributed by atoms with E-state index in [1.165, 1.54) is 64.2 Å². The lowest BCUT2D eigenvalue weighted by atomic mass is 9.72. The number of hydrogen-bond acceptors (Lipinski definition) is 3. The minimum absolute atomic E-state index is 0.285. The van der Waals surface area contributed by atoms with Crippen LogP contribution in [0.25, 0.3) is 70.3 Å². The Labute approximate surface area is 240 Å². The molecule has 5 aromatic carbocycles. The van der Waals surface area contributed by atoms with Crippen molar-refractivity contribution in [3.8, 4) is 5.82 Å². The van der Waals surface area contributed by atoms with Gasteiger partial charge in [-0.15, -0.1) is 11.3 Å². The van der Waals surface area contributed by atoms with Gasteiger partial charge in [0.25, 0.3) is 0 Å². The molecule has 0 spiro atoms. The van der Waals surface area contributed by atoms with Gasteiger partial charge in [0.05, 0.1) is 27.7 Å². The molecule has 0 fully saturated rings. The van der Waals surface area contributed by atoms with Gasteiger partial charge in [0.2, 0.25) is 0 Å². The summed E-state index contributed by atoms with van der Waals surface area (Å²) >= 11 is 1.87. The Morgan fingerprint density at radius 1 is 0.707 bits per heavy atom. The summed E-state index contributed by atoms with van der Waals surface area (Å²) in [6.45, 7) is 2.38. The number of fused-ring (bicyclic) bond motifs is 11. The Bertz CT molecular complexity index is 2480. The highest BCUT2D eigenvalue weighted by atomic mass is 32.1. The number of aromatic nitrogens is 3. The molecular formula is C37H23N3S. The number of para-hydroxylation sites is 1. The zero-order valence-electron chi connectivity index (χ0n) is 22.3. The largest absolute Gasteiger partial charge is 0.295 e. The maximum absolute atomic E-state index is 5.40. The highest BCUT2D eigenvalue weighted by Gasteiger charge is 2.48. The second-order valence-electron chi connectivity index (χ2n) is 11.7. The second-order valence-corrected chi connectivity index (χ2v) is 12.8. The number of rotatable bonds is 1. The van der Waals surface area contributed by atoms with Crippen LogP contribution in [0.15, 0.2) is 103 Å². The van der Waals surface area contributed by atoms with Gasteiger partial charge in [0.1, 0.15) is 0 Å². The molecule has 1 unspecified atom stereocenters. The smallest absolute Gasteiger partial charge is 0.160 e. The summed E-state index contributed by atoms with van der Waals surface area (Å²) < 4.78 is 5.07. The van der Waals surface area contributed by atoms with Crippen LogP contribution in [-0.4, -0.2) is 14.5 Å². The molecule has 1 aliphatic carbocycles. The van der Waals surface area contributed by atoms with Crippen molar-refractivity contribution in [2.45, 2.75) is 18.8 Å². The van der Waals surface area contributed by atoms with E-state index < -0.39 is 0 Å². The van der Waals surface area contributed by atoms with Crippen LogP contribution in [0.4, 0.5) is 0 Å². The van der Waals surface area contributed by atoms with Crippen molar-refractivity contribution in [3.63, 3.8) is 0 Å². The zero-order valence-corrected chi connectivity index (χ0v) is 23.2. The van der Waals surface area contributed by atoms with Gasteiger partial charge in [-0.25, -0.2) is 9.97 Å². The summed E-state index contributed by atoms with van der Waals surface area (Å²) in [5.74, 6) is 0.974. The number of allylic oxidation sites excluding steroid dienone is 1. The minimum atomic E-state index is -0.285. The summed E-state index contributed by atoms with van der Waals surface area (Å²) in [5, 5.41) is 6.34. The average Bonchev–Trinajstić information content (AvgIpc) is 3.63. The van der Waals surface area contributed by atoms with Crippen molar-refractivity contribution in [2.75, 3.05) is 0 Å². The minimum Gasteiger partial charge on any atom is -0.295 e. The number of hydrogen-bond donors (Lipinski definition) is 0. The fourth-order valence-corrected chi connectivity index (χ4v) is 8.52. The van der Waals surface area contributed by atoms with E-state index >= 15 is 0 Å². The van der Waals surface area contributed by atoms with Crippen LogP contribution in [0.2, 0.25) is 0 Å². The van der Waals surface area contributed by atoms with Crippen LogP contribution in [0, 0.1) is 0 Å². The van der Waals surface area contributed by atoms with Crippen molar-refractivity contribution < 1.29 is 0 Å². The third kappa shape index (κ3) is 2.78. The van der Waals surface area contributed by atoms with E-state index in [0.717, 1.165) is 29.0 Å². The van der Waals surface area contributed by atoms with Crippen LogP contribution in [0.3, 0.4) is 0 Å². The molecule has 1 aliphatic heterocycles. The molecule has 4 heteroatoms. The summed E-state index contributed by atoms with van der Waals surface area (Å²) in [5.41, 5.74) is 9.16. The van der Waals surface area contributed by atoms with Crippen molar-refractivity contribution in [1.29, 1.82) is 0 Å². The molecule has 4 heterocycles. The number of thiophene rings is 1. The monoisotopic (exact) mass is 541 g/mol. The Hall–Kier alpha value is -4.80. The van der Waals surface area contributed by atoms with E-state index in [1.54, 1.807) is 0 Å². The van der Waals surface area contributed by atoms with E-state index in [9.17, 15) is 0 Å². The van der Waals surface area contributed by atoms with Crippen molar-refractivity contribution in [3.05, 3.63) is 126 Å². The molecule has 2 aliphatic rings. The average molecular weight is 542 g/mol. The lowest BCUT2D eigenvalue weighted by molar-refractivity contribution is 0.572. The van der Waals surface area contributed by atoms with E-state index in [2.05, 4.69) is 121 Å². The zero-order chi connectivity index (χ0) is 26.9. The van der Waals surface area contributed by atoms with Gasteiger partial charge in [-0.3, -0.25) is 4.57 Å². The molecule has 0 saturated heterocycles. The van der Waals surface area contributed by atoms with Crippen LogP contribution >= 0.6 is 11.3 Å². The Kier molecular flexibility index (Phi) is 4.00. The van der Waals surface area contributed by atoms with Crippen LogP contribution in [0.5, 0.6) is 0 Å². The van der Waals surface area contributed by atoms with Gasteiger partial charge in [-0.1, -0.05) is 66.7 Å². The quantitative estimate of drug-likeness (QED) is 0.194. The van der Waals surface area contributed by atoms with Gasteiger partial charge in [-0.2, -0.15) is 0 Å². The molecule has 1 atom stereocenters. The molecule has 0 N–H and O–H groups in total. The van der Waals surface area contributed by atoms with Crippen molar-refractivity contribution >= 4 is 75.9 Å². The van der Waals surface area contributed by atoms with E-state index in [1.807, 2.05) is 11.3 Å². The third-order valence-corrected chi connectivity index (χ3v) is 10.4. The Balaban J connectivity index is 1.25. The lowest BCUT2D eigenvalue weighted by Crippen LogP contribution is -2.26. The van der Waals surface area contributed by atoms with Crippen molar-refractivity contribution in [1.82, 2.24) is 14.5 Å². The first-order chi connectivity index (χ1) is 20.2. The number of nitrogens with zero attached hydrogens (tertiary/aromatic N) is 3. The standard InChI is InChI=1S/C37H23N3S/c1-37-20-24(23-14-15-33-27(16-23)26-11-5-7-13-32(26)41-33)17-28-25-10-4-6-12-31(25)40(35(28)37)36-34(37)38-29-18-21-8-2-3-9-22(21)19-30(29)39-36/h2-19H,20H2,1H3. The predicted octanol–water partition coefficient (Wildman–Crippen LogP) is 9.66. The van der Waals surface area contributed by atoms with Gasteiger partial charge in [-0.05, 0) is 77.7 Å². The number of benzene rings is 5. The molecule has 8 aromatic rings. The molecule has 41 heavy (non-hydrogen) atoms. The lowest BCUT2D eigenvalue weighted by Gasteiger charge is -2.30. The molecule has 10 rings (SSSR count). The summed E-state index contributed by atoms with van der Waals surface area (Å²) in [7, 11) is 0. The van der Waals surface area contributed by atoms with E-state index in [4.69, 9.17) is 9.97 Å². The topological polar surface area (TPSA) is 30.7 Å². The predicted molar refractivity (Wildman–Crippen MR) is 172 cm³/mol. The SMILES string of the molecule is CC12CC(c3ccc4sc5ccccc5c4c3)=Cc3c1n(c1ccccc31)-c1nc3cc4ccccc4cc3nc12. The van der Waals surface area contributed by atoms with Crippen LogP contribution < -0.4 is 0 Å². The molecule has 3 nitrogen and oxygen atoms in total. The maximum atomic E-state index is 5.40. The fourth-order valence-electron chi connectivity index (χ4n) is 7.43. The van der Waals surface area contributed by atoms with Gasteiger partial charge >= 0.3 is 0 Å². The normalized spacial score (nSPS) is 17.5. The molecule has 0 amide bonds. The highest BCUT2D eigenvalue weighted by molar-refractivity contribution is 7.25. The van der Waals surface area contributed by atoms with Gasteiger partial charge in [0.15, 0.2) is 5.82 Å². The first-order valence-corrected chi connectivity index (χ1v) is 14.9. The molecule has 0 bridgehead atoms. The third-order valence-electron chi connectivity index (χ3n) is 9.29. The highest BCUT2D eigenvalue weighted by Crippen LogP contribution is 2.55. The maximum Gasteiger partial charge on any atom is 0.160 e. The van der Waals surface area contributed by atoms with Gasteiger partial charge in [0, 0.05) is 36.8 Å². The Morgan fingerprint density at radius 2 is 1.41 bits per heavy atom. The molecule has 192 valence electrons. The van der Waals surface area contributed by atoms with Gasteiger partial charge < -0.3 is 0 Å². The van der Waals surface area contributed by atoms with Crippen molar-refractivity contribution in [2.24, 2.45) is 0 Å². The summed E-state index contributed by atoms with van der Waals surface area (Å²) in [6.07, 6.45) is 3.32. The van der Waals surface area contributed by atoms with E-state index in [0.29, 0.717) is 0 Å². The first-order valence-electron chi connectivity index (χ1n) is 14.1. The van der Waals surface area contributed by atoms with Crippen LogP contribution in [-0.2, 0) is 5.41 Å². The molecule has 0 radical (unpaired) electrons. The summed E-state index contributed by atoms with van der Waals surface area (Å²) in [4.78, 5) is 10.7.